The van der Waals surface area contributed by atoms with Gasteiger partial charge in [0, 0.05) is 16.8 Å². The number of hydrogen-bond acceptors (Lipinski definition) is 2. The highest BCUT2D eigenvalue weighted by Crippen LogP contribution is 2.29. The second kappa shape index (κ2) is 9.61. The van der Waals surface area contributed by atoms with Crippen LogP contribution >= 0.6 is 23.2 Å². The van der Waals surface area contributed by atoms with Crippen molar-refractivity contribution in [1.82, 2.24) is 15.5 Å². The molecule has 1 aromatic carbocycles. The van der Waals surface area contributed by atoms with Gasteiger partial charge in [-0.2, -0.15) is 5.10 Å². The number of benzene rings is 1. The van der Waals surface area contributed by atoms with E-state index >= 15 is 0 Å². The topological polar surface area (TPSA) is 57.8 Å². The van der Waals surface area contributed by atoms with Gasteiger partial charge in [0.1, 0.15) is 0 Å². The second-order valence-electron chi connectivity index (χ2n) is 7.49. The van der Waals surface area contributed by atoms with Crippen LogP contribution in [0.25, 0.3) is 0 Å². The summed E-state index contributed by atoms with van der Waals surface area (Å²) in [5, 5.41) is 11.6. The fourth-order valence-electron chi connectivity index (χ4n) is 3.82. The van der Waals surface area contributed by atoms with E-state index in [0.717, 1.165) is 51.4 Å². The third-order valence-electron chi connectivity index (χ3n) is 5.37. The van der Waals surface area contributed by atoms with Crippen molar-refractivity contribution >= 4 is 29.1 Å². The summed E-state index contributed by atoms with van der Waals surface area (Å²) in [5.41, 5.74) is 2.86. The quantitative estimate of drug-likeness (QED) is 0.627. The standard InChI is InChI=1S/C21H27Cl2N3O/c1-2-3-17-13-18(26-25-17)10-6-14-4-8-16(9-5-14)24-21(27)19-12-15(22)7-11-20(19)23/h7,11-14,16H,2-6,8-10H2,1H3,(H,24,27)(H,25,26). The zero-order chi connectivity index (χ0) is 19.2. The smallest absolute Gasteiger partial charge is 0.253 e. The molecule has 0 aliphatic heterocycles. The Hall–Kier alpha value is -1.52. The minimum Gasteiger partial charge on any atom is -0.349 e. The van der Waals surface area contributed by atoms with Gasteiger partial charge in [0.25, 0.3) is 5.91 Å². The Labute approximate surface area is 171 Å². The summed E-state index contributed by atoms with van der Waals surface area (Å²) in [6.07, 6.45) is 8.69. The van der Waals surface area contributed by atoms with Gasteiger partial charge in [0.15, 0.2) is 0 Å². The Morgan fingerprint density at radius 3 is 2.70 bits per heavy atom. The van der Waals surface area contributed by atoms with E-state index in [-0.39, 0.29) is 11.9 Å². The van der Waals surface area contributed by atoms with Gasteiger partial charge in [-0.25, -0.2) is 0 Å². The number of nitrogens with one attached hydrogen (secondary N) is 2. The number of carbonyl (C=O) groups is 1. The molecule has 146 valence electrons. The lowest BCUT2D eigenvalue weighted by Gasteiger charge is -2.29. The van der Waals surface area contributed by atoms with Crippen LogP contribution in [0.2, 0.25) is 10.0 Å². The molecule has 1 amide bonds. The van der Waals surface area contributed by atoms with E-state index in [0.29, 0.717) is 21.5 Å². The van der Waals surface area contributed by atoms with E-state index in [1.165, 1.54) is 11.4 Å². The first kappa shape index (κ1) is 20.2. The zero-order valence-corrected chi connectivity index (χ0v) is 17.2. The number of hydrogen-bond donors (Lipinski definition) is 2. The molecule has 4 nitrogen and oxygen atoms in total. The molecular weight excluding hydrogens is 381 g/mol. The minimum atomic E-state index is -0.133. The molecule has 27 heavy (non-hydrogen) atoms. The van der Waals surface area contributed by atoms with Crippen molar-refractivity contribution in [2.75, 3.05) is 0 Å². The Morgan fingerprint density at radius 2 is 1.96 bits per heavy atom. The lowest BCUT2D eigenvalue weighted by molar-refractivity contribution is 0.0921. The number of aryl methyl sites for hydroxylation is 2. The van der Waals surface area contributed by atoms with Crippen molar-refractivity contribution in [2.24, 2.45) is 5.92 Å². The average Bonchev–Trinajstić information content (AvgIpc) is 3.11. The summed E-state index contributed by atoms with van der Waals surface area (Å²) in [6.45, 7) is 2.18. The number of amides is 1. The van der Waals surface area contributed by atoms with E-state index < -0.39 is 0 Å². The second-order valence-corrected chi connectivity index (χ2v) is 8.33. The highest BCUT2D eigenvalue weighted by Gasteiger charge is 2.23. The van der Waals surface area contributed by atoms with Gasteiger partial charge < -0.3 is 5.32 Å². The summed E-state index contributed by atoms with van der Waals surface area (Å²) in [4.78, 5) is 12.5. The van der Waals surface area contributed by atoms with Gasteiger partial charge in [0.2, 0.25) is 0 Å². The highest BCUT2D eigenvalue weighted by molar-refractivity contribution is 6.35. The maximum absolute atomic E-state index is 12.5. The number of aromatic nitrogens is 2. The van der Waals surface area contributed by atoms with Crippen molar-refractivity contribution in [3.63, 3.8) is 0 Å². The van der Waals surface area contributed by atoms with Crippen LogP contribution in [0.15, 0.2) is 24.3 Å². The normalized spacial score (nSPS) is 19.8. The molecule has 1 aromatic heterocycles. The molecule has 0 bridgehead atoms. The third kappa shape index (κ3) is 5.73. The van der Waals surface area contributed by atoms with E-state index in [2.05, 4.69) is 28.5 Å². The predicted molar refractivity (Wildman–Crippen MR) is 111 cm³/mol. The van der Waals surface area contributed by atoms with Crippen molar-refractivity contribution in [1.29, 1.82) is 0 Å². The minimum absolute atomic E-state index is 0.133. The molecule has 0 saturated heterocycles. The Kier molecular flexibility index (Phi) is 7.20. The molecular formula is C21H27Cl2N3O. The number of H-pyrrole nitrogens is 1. The predicted octanol–water partition coefficient (Wildman–Crippen LogP) is 5.59. The summed E-state index contributed by atoms with van der Waals surface area (Å²) in [7, 11) is 0. The fourth-order valence-corrected chi connectivity index (χ4v) is 4.19. The summed E-state index contributed by atoms with van der Waals surface area (Å²) < 4.78 is 0. The van der Waals surface area contributed by atoms with Gasteiger partial charge in [0.05, 0.1) is 16.3 Å². The van der Waals surface area contributed by atoms with Crippen molar-refractivity contribution in [2.45, 2.75) is 64.3 Å². The van der Waals surface area contributed by atoms with Crippen molar-refractivity contribution < 1.29 is 4.79 Å². The van der Waals surface area contributed by atoms with E-state index in [4.69, 9.17) is 23.2 Å². The van der Waals surface area contributed by atoms with Crippen LogP contribution in [0.1, 0.15) is 67.2 Å². The van der Waals surface area contributed by atoms with Crippen LogP contribution in [0.5, 0.6) is 0 Å². The first-order chi connectivity index (χ1) is 13.0. The van der Waals surface area contributed by atoms with Gasteiger partial charge in [-0.05, 0) is 75.1 Å². The molecule has 0 spiro atoms. The van der Waals surface area contributed by atoms with Crippen LogP contribution in [0.4, 0.5) is 0 Å². The Balaban J connectivity index is 1.43. The largest absolute Gasteiger partial charge is 0.349 e. The number of rotatable bonds is 7. The SMILES string of the molecule is CCCc1cc(CCC2CCC(NC(=O)c3cc(Cl)ccc3Cl)CC2)n[nH]1. The number of carbonyl (C=O) groups excluding carboxylic acids is 1. The summed E-state index contributed by atoms with van der Waals surface area (Å²) >= 11 is 12.1. The average molecular weight is 408 g/mol. The first-order valence-corrected chi connectivity index (χ1v) is 10.6. The lowest BCUT2D eigenvalue weighted by Crippen LogP contribution is -2.37. The molecule has 0 atom stereocenters. The van der Waals surface area contributed by atoms with E-state index in [1.807, 2.05) is 0 Å². The van der Waals surface area contributed by atoms with Crippen molar-refractivity contribution in [3.05, 3.63) is 51.3 Å². The summed E-state index contributed by atoms with van der Waals surface area (Å²) in [5.74, 6) is 0.574. The highest BCUT2D eigenvalue weighted by atomic mass is 35.5. The zero-order valence-electron chi connectivity index (χ0n) is 15.7. The molecule has 2 N–H and O–H groups in total. The Bertz CT molecular complexity index is 767. The number of nitrogens with zero attached hydrogens (tertiary/aromatic N) is 1. The molecule has 3 rings (SSSR count). The summed E-state index contributed by atoms with van der Waals surface area (Å²) in [6, 6.07) is 7.39. The molecule has 2 aromatic rings. The third-order valence-corrected chi connectivity index (χ3v) is 5.93. The van der Waals surface area contributed by atoms with E-state index in [1.54, 1.807) is 18.2 Å². The first-order valence-electron chi connectivity index (χ1n) is 9.84. The molecule has 0 radical (unpaired) electrons. The maximum atomic E-state index is 12.5. The fraction of sp³-hybridized carbons (Fsp3) is 0.524. The van der Waals surface area contributed by atoms with Gasteiger partial charge in [-0.1, -0.05) is 36.5 Å². The molecule has 1 heterocycles. The van der Waals surface area contributed by atoms with Crippen LogP contribution in [-0.4, -0.2) is 22.1 Å². The molecule has 0 unspecified atom stereocenters. The van der Waals surface area contributed by atoms with Crippen molar-refractivity contribution in [3.8, 4) is 0 Å². The van der Waals surface area contributed by atoms with Crippen LogP contribution in [0, 0.1) is 5.92 Å². The Morgan fingerprint density at radius 1 is 1.19 bits per heavy atom. The van der Waals surface area contributed by atoms with Gasteiger partial charge >= 0.3 is 0 Å². The monoisotopic (exact) mass is 407 g/mol. The maximum Gasteiger partial charge on any atom is 0.253 e. The molecule has 6 heteroatoms. The lowest BCUT2D eigenvalue weighted by atomic mass is 9.83. The van der Waals surface area contributed by atoms with Crippen LogP contribution in [-0.2, 0) is 12.8 Å². The van der Waals surface area contributed by atoms with Gasteiger partial charge in [-0.15, -0.1) is 0 Å². The number of halogens is 2. The van der Waals surface area contributed by atoms with Gasteiger partial charge in [-0.3, -0.25) is 9.89 Å². The van der Waals surface area contributed by atoms with Crippen LogP contribution < -0.4 is 5.32 Å². The molecule has 1 aliphatic carbocycles. The molecule has 1 saturated carbocycles. The molecule has 1 aliphatic rings. The van der Waals surface area contributed by atoms with Crippen LogP contribution in [0.3, 0.4) is 0 Å². The number of aromatic amines is 1. The molecule has 1 fully saturated rings. The van der Waals surface area contributed by atoms with E-state index in [9.17, 15) is 4.79 Å².